The number of cyclic esters (lactones) is 1. The predicted octanol–water partition coefficient (Wildman–Crippen LogP) is 2.89. The van der Waals surface area contributed by atoms with Crippen LogP contribution >= 0.6 is 0 Å². The molecular weight excluding hydrogens is 556 g/mol. The molecule has 0 unspecified atom stereocenters. The lowest BCUT2D eigenvalue weighted by atomic mass is 9.76. The number of hydrogen-bond acceptors (Lipinski definition) is 11. The van der Waals surface area contributed by atoms with Crippen LogP contribution in [-0.4, -0.2) is 114 Å². The molecule has 0 aromatic heterocycles. The molecule has 11 nitrogen and oxygen atoms in total. The van der Waals surface area contributed by atoms with Crippen LogP contribution in [0.1, 0.15) is 74.1 Å². The molecule has 3 heterocycles. The van der Waals surface area contributed by atoms with Gasteiger partial charge in [-0.3, -0.25) is 9.59 Å². The van der Waals surface area contributed by atoms with Gasteiger partial charge in [0.05, 0.1) is 37.1 Å². The third-order valence-corrected chi connectivity index (χ3v) is 9.58. The first-order valence-corrected chi connectivity index (χ1v) is 15.5. The van der Waals surface area contributed by atoms with Crippen molar-refractivity contribution in [2.75, 3.05) is 27.3 Å². The van der Waals surface area contributed by atoms with Crippen molar-refractivity contribution in [3.8, 4) is 0 Å². The number of rotatable bonds is 4. The van der Waals surface area contributed by atoms with Crippen molar-refractivity contribution >= 4 is 17.5 Å². The minimum absolute atomic E-state index is 0.0474. The SMILES string of the molecule is C=C1CO[C@H]2CC(=N)[C@H](C)C[C@@](C)(OC1)[C@H](O[C@@H]1O[C@H](C)C[C@H](N(C)C)[C@H]1O)[C@@H](C)C(=O)[C@@H](C)C(=O)O[C@@H](CC)[C@@]2(C)O. The van der Waals surface area contributed by atoms with Gasteiger partial charge in [-0.25, -0.2) is 0 Å². The molecule has 0 amide bonds. The summed E-state index contributed by atoms with van der Waals surface area (Å²) in [5.41, 5.74) is -1.92. The average molecular weight is 611 g/mol. The van der Waals surface area contributed by atoms with Gasteiger partial charge in [0.1, 0.15) is 23.7 Å². The summed E-state index contributed by atoms with van der Waals surface area (Å²) in [6.07, 6.45) is -3.90. The van der Waals surface area contributed by atoms with E-state index < -0.39 is 65.5 Å². The van der Waals surface area contributed by atoms with E-state index in [9.17, 15) is 19.8 Å². The lowest BCUT2D eigenvalue weighted by Crippen LogP contribution is -2.59. The number of carbonyl (C=O) groups excluding carboxylic acids is 2. The molecule has 0 saturated carbocycles. The van der Waals surface area contributed by atoms with Crippen molar-refractivity contribution in [3.05, 3.63) is 12.2 Å². The molecule has 3 rings (SSSR count). The maximum atomic E-state index is 14.0. The second kappa shape index (κ2) is 14.1. The van der Waals surface area contributed by atoms with Gasteiger partial charge in [0.15, 0.2) is 12.1 Å². The molecule has 12 atom stereocenters. The Bertz CT molecular complexity index is 1030. The van der Waals surface area contributed by atoms with Crippen LogP contribution in [0, 0.1) is 23.2 Å². The first kappa shape index (κ1) is 35.7. The van der Waals surface area contributed by atoms with E-state index in [2.05, 4.69) is 6.58 Å². The van der Waals surface area contributed by atoms with Gasteiger partial charge in [0.25, 0.3) is 0 Å². The van der Waals surface area contributed by atoms with Crippen LogP contribution in [0.5, 0.6) is 0 Å². The Labute approximate surface area is 256 Å². The standard InChI is InChI=1S/C32H54N2O9/c1-11-24-32(8,38)25-13-22(33)18(3)14-31(7,40-16-17(2)15-39-25)28(20(5)26(35)21(6)29(37)42-24)43-30-27(36)23(34(9)10)12-19(4)41-30/h18-21,23-25,27-28,30,33,36,38H,2,11-16H2,1,3-10H3/t18-,19-,20+,21-,23+,24+,25+,27-,28-,30+,31-,32-/m1/s1. The average Bonchev–Trinajstić information content (AvgIpc) is 2.95. The number of esters is 1. The van der Waals surface area contributed by atoms with E-state index in [1.165, 1.54) is 6.92 Å². The Morgan fingerprint density at radius 3 is 2.40 bits per heavy atom. The van der Waals surface area contributed by atoms with E-state index in [0.717, 1.165) is 0 Å². The topological polar surface area (TPSA) is 148 Å². The third kappa shape index (κ3) is 7.92. The summed E-state index contributed by atoms with van der Waals surface area (Å²) < 4.78 is 31.2. The third-order valence-electron chi connectivity index (χ3n) is 9.58. The molecule has 0 aromatic rings. The molecule has 3 N–H and O–H groups in total. The van der Waals surface area contributed by atoms with Crippen molar-refractivity contribution in [2.45, 2.75) is 128 Å². The summed E-state index contributed by atoms with van der Waals surface area (Å²) in [7, 11) is 3.77. The van der Waals surface area contributed by atoms with E-state index in [-0.39, 0.29) is 50.5 Å². The highest BCUT2D eigenvalue weighted by Gasteiger charge is 2.51. The van der Waals surface area contributed by atoms with Gasteiger partial charge in [0.2, 0.25) is 0 Å². The van der Waals surface area contributed by atoms with E-state index in [1.807, 2.05) is 39.8 Å². The molecule has 11 heteroatoms. The lowest BCUT2D eigenvalue weighted by molar-refractivity contribution is -0.296. The van der Waals surface area contributed by atoms with Crippen LogP contribution in [0.4, 0.5) is 0 Å². The fourth-order valence-electron chi connectivity index (χ4n) is 6.67. The molecule has 3 aliphatic rings. The molecular formula is C32H54N2O9. The van der Waals surface area contributed by atoms with Gasteiger partial charge in [-0.05, 0) is 72.5 Å². The first-order valence-electron chi connectivity index (χ1n) is 15.5. The van der Waals surface area contributed by atoms with E-state index >= 15 is 0 Å². The smallest absolute Gasteiger partial charge is 0.316 e. The lowest BCUT2D eigenvalue weighted by Gasteiger charge is -2.47. The quantitative estimate of drug-likeness (QED) is 0.247. The summed E-state index contributed by atoms with van der Waals surface area (Å²) in [6.45, 7) is 16.4. The van der Waals surface area contributed by atoms with Crippen LogP contribution in [0.25, 0.3) is 0 Å². The van der Waals surface area contributed by atoms with Crippen LogP contribution < -0.4 is 0 Å². The van der Waals surface area contributed by atoms with Crippen molar-refractivity contribution in [1.29, 1.82) is 5.41 Å². The van der Waals surface area contributed by atoms with Crippen LogP contribution in [-0.2, 0) is 33.3 Å². The number of nitrogens with one attached hydrogen (secondary N) is 1. The normalized spacial score (nSPS) is 44.4. The van der Waals surface area contributed by atoms with Gasteiger partial charge in [-0.1, -0.05) is 27.4 Å². The van der Waals surface area contributed by atoms with Crippen LogP contribution in [0.15, 0.2) is 12.2 Å². The Balaban J connectivity index is 2.16. The number of carbonyl (C=O) groups is 2. The minimum atomic E-state index is -1.65. The van der Waals surface area contributed by atoms with Gasteiger partial charge in [0, 0.05) is 24.1 Å². The number of Topliss-reactive ketones (excluding diaryl/α,β-unsaturated/α-hetero) is 1. The zero-order valence-electron chi connectivity index (χ0n) is 27.4. The number of aliphatic hydroxyl groups is 2. The van der Waals surface area contributed by atoms with Gasteiger partial charge < -0.3 is 44.2 Å². The Hall–Kier alpha value is -1.73. The number of aliphatic hydroxyl groups excluding tert-OH is 1. The zero-order valence-corrected chi connectivity index (χ0v) is 27.4. The second-order valence-corrected chi connectivity index (χ2v) is 13.6. The Morgan fingerprint density at radius 2 is 1.79 bits per heavy atom. The number of hydrogen-bond donors (Lipinski definition) is 3. The molecule has 0 spiro atoms. The minimum Gasteiger partial charge on any atom is -0.459 e. The Kier molecular flexibility index (Phi) is 11.8. The molecule has 0 aliphatic carbocycles. The molecule has 3 aliphatic heterocycles. The molecule has 2 bridgehead atoms. The number of ether oxygens (including phenoxy) is 5. The maximum absolute atomic E-state index is 14.0. The van der Waals surface area contributed by atoms with Crippen LogP contribution in [0.3, 0.4) is 0 Å². The summed E-state index contributed by atoms with van der Waals surface area (Å²) in [4.78, 5) is 29.3. The summed E-state index contributed by atoms with van der Waals surface area (Å²) in [6, 6.07) is -0.242. The van der Waals surface area contributed by atoms with E-state index in [1.54, 1.807) is 20.8 Å². The Morgan fingerprint density at radius 1 is 1.14 bits per heavy atom. The largest absolute Gasteiger partial charge is 0.459 e. The molecule has 3 saturated heterocycles. The highest BCUT2D eigenvalue weighted by molar-refractivity contribution is 6.00. The highest BCUT2D eigenvalue weighted by Crippen LogP contribution is 2.39. The number of likely N-dealkylation sites (N-methyl/N-ethyl adjacent to an activating group) is 1. The summed E-state index contributed by atoms with van der Waals surface area (Å²) in [5, 5.41) is 32.0. The van der Waals surface area contributed by atoms with Crippen molar-refractivity contribution in [3.63, 3.8) is 0 Å². The first-order chi connectivity index (χ1) is 19.9. The highest BCUT2D eigenvalue weighted by atomic mass is 16.7. The van der Waals surface area contributed by atoms with Gasteiger partial charge in [-0.2, -0.15) is 0 Å². The number of ketones is 1. The molecule has 246 valence electrons. The monoisotopic (exact) mass is 610 g/mol. The zero-order chi connectivity index (χ0) is 32.4. The summed E-state index contributed by atoms with van der Waals surface area (Å²) >= 11 is 0. The second-order valence-electron chi connectivity index (χ2n) is 13.6. The fourth-order valence-corrected chi connectivity index (χ4v) is 6.67. The molecule has 3 fully saturated rings. The van der Waals surface area contributed by atoms with Crippen molar-refractivity contribution in [1.82, 2.24) is 4.90 Å². The fraction of sp³-hybridized carbons (Fsp3) is 0.844. The van der Waals surface area contributed by atoms with Gasteiger partial charge in [-0.15, -0.1) is 0 Å². The van der Waals surface area contributed by atoms with E-state index in [4.69, 9.17) is 29.1 Å². The van der Waals surface area contributed by atoms with Gasteiger partial charge >= 0.3 is 5.97 Å². The van der Waals surface area contributed by atoms with Crippen molar-refractivity contribution < 1.29 is 43.5 Å². The van der Waals surface area contributed by atoms with Crippen LogP contribution in [0.2, 0.25) is 0 Å². The number of fused-ring (bicyclic) bond motifs is 5. The molecule has 0 aromatic carbocycles. The number of nitrogens with zero attached hydrogens (tertiary/aromatic N) is 1. The van der Waals surface area contributed by atoms with E-state index in [0.29, 0.717) is 17.7 Å². The predicted molar refractivity (Wildman–Crippen MR) is 161 cm³/mol. The molecule has 0 radical (unpaired) electrons. The van der Waals surface area contributed by atoms with Crippen molar-refractivity contribution in [2.24, 2.45) is 17.8 Å². The molecule has 43 heavy (non-hydrogen) atoms. The maximum Gasteiger partial charge on any atom is 0.316 e. The summed E-state index contributed by atoms with van der Waals surface area (Å²) in [5.74, 6) is -3.62.